The SMILES string of the molecule is COc1ccc(CNC(=O)CC2C(=O)N=C3c4ccccc4N=C(SCc4cc(=O)n5ccccc5n4)N32)cc1. The summed E-state index contributed by atoms with van der Waals surface area (Å²) in [7, 11) is 1.60. The molecule has 10 nitrogen and oxygen atoms in total. The van der Waals surface area contributed by atoms with E-state index in [0.717, 1.165) is 16.9 Å². The molecule has 1 N–H and O–H groups in total. The van der Waals surface area contributed by atoms with Gasteiger partial charge in [-0.1, -0.05) is 42.1 Å². The number of amides is 2. The van der Waals surface area contributed by atoms with Gasteiger partial charge in [0.05, 0.1) is 24.9 Å². The number of nitrogens with zero attached hydrogens (tertiary/aromatic N) is 5. The highest BCUT2D eigenvalue weighted by Crippen LogP contribution is 2.35. The van der Waals surface area contributed by atoms with Crippen molar-refractivity contribution in [2.75, 3.05) is 7.11 Å². The van der Waals surface area contributed by atoms with E-state index >= 15 is 0 Å². The van der Waals surface area contributed by atoms with Crippen molar-refractivity contribution in [1.29, 1.82) is 0 Å². The number of methoxy groups -OCH3 is 1. The number of hydrogen-bond acceptors (Lipinski definition) is 8. The lowest BCUT2D eigenvalue weighted by atomic mass is 10.1. The summed E-state index contributed by atoms with van der Waals surface area (Å²) in [6.45, 7) is 0.319. The summed E-state index contributed by atoms with van der Waals surface area (Å²) < 4.78 is 6.66. The van der Waals surface area contributed by atoms with Gasteiger partial charge in [-0.3, -0.25) is 23.7 Å². The van der Waals surface area contributed by atoms with Crippen molar-refractivity contribution in [3.63, 3.8) is 0 Å². The molecule has 6 rings (SSSR count). The molecule has 11 heteroatoms. The molecule has 2 aliphatic heterocycles. The van der Waals surface area contributed by atoms with Crippen molar-refractivity contribution in [2.24, 2.45) is 9.98 Å². The van der Waals surface area contributed by atoms with Gasteiger partial charge in [0.15, 0.2) is 5.17 Å². The Bertz CT molecular complexity index is 1750. The number of rotatable bonds is 7. The van der Waals surface area contributed by atoms with Gasteiger partial charge in [0.25, 0.3) is 11.5 Å². The maximum absolute atomic E-state index is 13.1. The minimum absolute atomic E-state index is 0.0840. The number of carbonyl (C=O) groups is 2. The van der Waals surface area contributed by atoms with Gasteiger partial charge in [-0.15, -0.1) is 0 Å². The van der Waals surface area contributed by atoms with E-state index in [1.165, 1.54) is 22.2 Å². The molecule has 2 amide bonds. The molecule has 0 fully saturated rings. The summed E-state index contributed by atoms with van der Waals surface area (Å²) in [5, 5.41) is 3.41. The first-order valence-corrected chi connectivity index (χ1v) is 13.6. The second kappa shape index (κ2) is 10.8. The van der Waals surface area contributed by atoms with Gasteiger partial charge < -0.3 is 10.1 Å². The fourth-order valence-electron chi connectivity index (χ4n) is 4.61. The predicted molar refractivity (Wildman–Crippen MR) is 153 cm³/mol. The monoisotopic (exact) mass is 552 g/mol. The predicted octanol–water partition coefficient (Wildman–Crippen LogP) is 3.30. The number of ether oxygens (including phenoxy) is 1. The van der Waals surface area contributed by atoms with Gasteiger partial charge in [0.1, 0.15) is 23.3 Å². The molecule has 2 aromatic heterocycles. The van der Waals surface area contributed by atoms with Crippen LogP contribution in [0.3, 0.4) is 0 Å². The number of hydrogen-bond donors (Lipinski definition) is 1. The van der Waals surface area contributed by atoms with Crippen LogP contribution in [0.2, 0.25) is 0 Å². The van der Waals surface area contributed by atoms with Gasteiger partial charge in [-0.25, -0.2) is 9.98 Å². The highest BCUT2D eigenvalue weighted by atomic mass is 32.2. The molecule has 1 atom stereocenters. The van der Waals surface area contributed by atoms with Crippen LogP contribution >= 0.6 is 11.8 Å². The Balaban J connectivity index is 1.22. The lowest BCUT2D eigenvalue weighted by Crippen LogP contribution is -2.45. The van der Waals surface area contributed by atoms with Crippen molar-refractivity contribution in [2.45, 2.75) is 24.8 Å². The number of pyridine rings is 1. The first kappa shape index (κ1) is 25.5. The van der Waals surface area contributed by atoms with Crippen LogP contribution in [0, 0.1) is 0 Å². The summed E-state index contributed by atoms with van der Waals surface area (Å²) in [6, 6.07) is 20.9. The van der Waals surface area contributed by atoms with Crippen molar-refractivity contribution in [3.8, 4) is 5.75 Å². The fraction of sp³-hybridized carbons (Fsp3) is 0.172. The fourth-order valence-corrected chi connectivity index (χ4v) is 5.55. The first-order chi connectivity index (χ1) is 19.5. The van der Waals surface area contributed by atoms with Gasteiger partial charge in [-0.05, 0) is 42.0 Å². The average molecular weight is 553 g/mol. The standard InChI is InChI=1S/C29H24N6O4S/c1-39-20-11-9-18(10-12-20)16-30-25(36)15-23-28(38)33-27-21-6-2-3-7-22(21)32-29(35(23)27)40-17-19-14-26(37)34-13-5-4-8-24(34)31-19/h2-14,23H,15-17H2,1H3,(H,30,36). The Morgan fingerprint density at radius 3 is 2.65 bits per heavy atom. The maximum atomic E-state index is 13.1. The number of aliphatic imine (C=N–C) groups is 2. The zero-order valence-electron chi connectivity index (χ0n) is 21.5. The molecule has 4 heterocycles. The quantitative estimate of drug-likeness (QED) is 0.374. The van der Waals surface area contributed by atoms with Crippen LogP contribution in [0.15, 0.2) is 93.8 Å². The van der Waals surface area contributed by atoms with Crippen LogP contribution in [-0.4, -0.2) is 50.3 Å². The molecule has 2 aromatic carbocycles. The van der Waals surface area contributed by atoms with E-state index in [-0.39, 0.29) is 17.9 Å². The van der Waals surface area contributed by atoms with Gasteiger partial charge in [-0.2, -0.15) is 4.99 Å². The molecule has 40 heavy (non-hydrogen) atoms. The van der Waals surface area contributed by atoms with E-state index < -0.39 is 11.9 Å². The lowest BCUT2D eigenvalue weighted by Gasteiger charge is -2.30. The summed E-state index contributed by atoms with van der Waals surface area (Å²) in [5.74, 6) is 0.864. The molecule has 1 unspecified atom stereocenters. The van der Waals surface area contributed by atoms with Crippen molar-refractivity contribution in [3.05, 3.63) is 106 Å². The zero-order chi connectivity index (χ0) is 27.6. The zero-order valence-corrected chi connectivity index (χ0v) is 22.3. The second-order valence-corrected chi connectivity index (χ2v) is 10.1. The Morgan fingerprint density at radius 2 is 1.82 bits per heavy atom. The number of para-hydroxylation sites is 1. The Hall–Kier alpha value is -4.77. The first-order valence-electron chi connectivity index (χ1n) is 12.6. The number of thioether (sulfide) groups is 1. The normalized spacial score (nSPS) is 15.8. The molecule has 0 radical (unpaired) electrons. The number of nitrogens with one attached hydrogen (secondary N) is 1. The minimum Gasteiger partial charge on any atom is -0.497 e. The summed E-state index contributed by atoms with van der Waals surface area (Å²) in [5.41, 5.74) is 3.27. The second-order valence-electron chi connectivity index (χ2n) is 9.20. The number of benzene rings is 2. The highest BCUT2D eigenvalue weighted by molar-refractivity contribution is 8.13. The highest BCUT2D eigenvalue weighted by Gasteiger charge is 2.42. The topological polar surface area (TPSA) is 118 Å². The van der Waals surface area contributed by atoms with E-state index in [0.29, 0.717) is 40.3 Å². The van der Waals surface area contributed by atoms with Crippen LogP contribution in [0.25, 0.3) is 5.65 Å². The van der Waals surface area contributed by atoms with Crippen molar-refractivity contribution >= 4 is 45.9 Å². The molecular formula is C29H24N6O4S. The van der Waals surface area contributed by atoms with Crippen molar-refractivity contribution in [1.82, 2.24) is 19.6 Å². The molecule has 0 aliphatic carbocycles. The third-order valence-corrected chi connectivity index (χ3v) is 7.60. The maximum Gasteiger partial charge on any atom is 0.271 e. The third kappa shape index (κ3) is 4.98. The van der Waals surface area contributed by atoms with Crippen LogP contribution in [0.4, 0.5) is 5.69 Å². The smallest absolute Gasteiger partial charge is 0.271 e. The van der Waals surface area contributed by atoms with E-state index in [1.54, 1.807) is 30.3 Å². The average Bonchev–Trinajstić information content (AvgIpc) is 3.31. The summed E-state index contributed by atoms with van der Waals surface area (Å²) in [6.07, 6.45) is 1.59. The Kier molecular flexibility index (Phi) is 6.87. The summed E-state index contributed by atoms with van der Waals surface area (Å²) in [4.78, 5) is 54.1. The molecule has 0 saturated carbocycles. The van der Waals surface area contributed by atoms with E-state index in [1.807, 2.05) is 54.6 Å². The van der Waals surface area contributed by atoms with E-state index in [2.05, 4.69) is 15.3 Å². The number of fused-ring (bicyclic) bond motifs is 4. The minimum atomic E-state index is -0.833. The Morgan fingerprint density at radius 1 is 1.02 bits per heavy atom. The lowest BCUT2D eigenvalue weighted by molar-refractivity contribution is -0.126. The van der Waals surface area contributed by atoms with Crippen LogP contribution in [-0.2, 0) is 21.9 Å². The van der Waals surface area contributed by atoms with E-state index in [9.17, 15) is 14.4 Å². The molecule has 0 saturated heterocycles. The van der Waals surface area contributed by atoms with E-state index in [4.69, 9.17) is 9.73 Å². The molecule has 0 spiro atoms. The number of carbonyl (C=O) groups excluding carboxylic acids is 2. The number of aromatic nitrogens is 2. The van der Waals surface area contributed by atoms with Gasteiger partial charge >= 0.3 is 0 Å². The van der Waals surface area contributed by atoms with Crippen molar-refractivity contribution < 1.29 is 14.3 Å². The summed E-state index contributed by atoms with van der Waals surface area (Å²) >= 11 is 1.34. The molecule has 200 valence electrons. The van der Waals surface area contributed by atoms with Crippen LogP contribution < -0.4 is 15.6 Å². The molecule has 2 aliphatic rings. The van der Waals surface area contributed by atoms with Gasteiger partial charge in [0, 0.05) is 30.1 Å². The molecular weight excluding hydrogens is 528 g/mol. The third-order valence-electron chi connectivity index (χ3n) is 6.61. The van der Waals surface area contributed by atoms with Gasteiger partial charge in [0.2, 0.25) is 5.91 Å². The largest absolute Gasteiger partial charge is 0.497 e. The Labute approximate surface area is 233 Å². The molecule has 0 bridgehead atoms. The van der Waals surface area contributed by atoms with Crippen LogP contribution in [0.1, 0.15) is 23.2 Å². The molecule has 4 aromatic rings. The number of amidine groups is 2. The van der Waals surface area contributed by atoms with Crippen LogP contribution in [0.5, 0.6) is 5.75 Å².